The average Bonchev–Trinajstić information content (AvgIpc) is 2.14. The number of anilines is 2. The molecule has 2 aliphatic heterocycles. The number of halogens is 2. The van der Waals surface area contributed by atoms with E-state index in [9.17, 15) is 32.4 Å². The van der Waals surface area contributed by atoms with Crippen molar-refractivity contribution in [2.45, 2.75) is 110 Å². The summed E-state index contributed by atoms with van der Waals surface area (Å²) in [7, 11) is -2.54. The van der Waals surface area contributed by atoms with Crippen LogP contribution in [0, 0.1) is 24.5 Å². The minimum absolute atomic E-state index is 0.0120. The van der Waals surface area contributed by atoms with Crippen LogP contribution in [0.5, 0.6) is 0 Å². The van der Waals surface area contributed by atoms with Crippen molar-refractivity contribution in [1.29, 1.82) is 0 Å². The number of nitrogen functional groups attached to an aromatic ring is 1. The molecule has 0 saturated carbocycles. The minimum Gasteiger partial charge on any atom is -0.468 e. The van der Waals surface area contributed by atoms with E-state index in [2.05, 4.69) is 50.5 Å². The molecule has 0 atom stereocenters. The van der Waals surface area contributed by atoms with Crippen molar-refractivity contribution in [3.63, 3.8) is 0 Å². The van der Waals surface area contributed by atoms with Crippen LogP contribution in [-0.4, -0.2) is 148 Å². The second-order valence-corrected chi connectivity index (χ2v) is 24.9. The monoisotopic (exact) mass is 1220 g/mol. The second-order valence-electron chi connectivity index (χ2n) is 22.0. The van der Waals surface area contributed by atoms with Gasteiger partial charge in [-0.3, -0.25) is 43.0 Å². The van der Waals surface area contributed by atoms with Gasteiger partial charge < -0.3 is 31.3 Å². The zero-order valence-corrected chi connectivity index (χ0v) is 50.3. The molecule has 4 amide bonds. The fourth-order valence-corrected chi connectivity index (χ4v) is 13.6. The van der Waals surface area contributed by atoms with E-state index < -0.39 is 39.4 Å². The number of likely N-dealkylation sites (tertiary alicyclic amines) is 2. The number of ether oxygens (including phenoxy) is 1. The third kappa shape index (κ3) is 15.9. The maximum absolute atomic E-state index is 16.1. The molecule has 86 heavy (non-hydrogen) atoms. The Balaban J connectivity index is 0.661. The van der Waals surface area contributed by atoms with E-state index in [1.807, 2.05) is 21.7 Å². The molecule has 2 aliphatic rings. The van der Waals surface area contributed by atoms with Gasteiger partial charge in [-0.15, -0.1) is 11.3 Å². The summed E-state index contributed by atoms with van der Waals surface area (Å²) < 4.78 is 67.5. The number of methoxy groups -OCH3 is 1. The molecule has 7 aromatic rings. The van der Waals surface area contributed by atoms with Crippen molar-refractivity contribution in [1.82, 2.24) is 60.3 Å². The van der Waals surface area contributed by atoms with Crippen LogP contribution in [0.2, 0.25) is 0 Å². The smallest absolute Gasteiger partial charge is 0.325 e. The van der Waals surface area contributed by atoms with Gasteiger partial charge in [-0.05, 0) is 113 Å². The van der Waals surface area contributed by atoms with Crippen LogP contribution in [-0.2, 0) is 51.8 Å². The van der Waals surface area contributed by atoms with Crippen LogP contribution in [0.15, 0.2) is 67.0 Å². The van der Waals surface area contributed by atoms with Crippen molar-refractivity contribution in [2.75, 3.05) is 75.7 Å². The van der Waals surface area contributed by atoms with Crippen LogP contribution in [0.1, 0.15) is 101 Å². The third-order valence-electron chi connectivity index (χ3n) is 15.8. The Hall–Kier alpha value is -7.97. The van der Waals surface area contributed by atoms with Gasteiger partial charge in [0.05, 0.1) is 75.8 Å². The maximum Gasteiger partial charge on any atom is 0.325 e. The number of nitrogens with zero attached hydrogens (tertiary/aromatic N) is 9. The van der Waals surface area contributed by atoms with Crippen LogP contribution >= 0.6 is 11.3 Å². The van der Waals surface area contributed by atoms with Crippen LogP contribution in [0.25, 0.3) is 54.8 Å². The summed E-state index contributed by atoms with van der Waals surface area (Å²) in [5.74, 6) is -2.39. The number of nitrogens with one attached hydrogen (secondary N) is 4. The summed E-state index contributed by atoms with van der Waals surface area (Å²) in [5, 5.41) is 19.4. The molecule has 26 heteroatoms. The summed E-state index contributed by atoms with van der Waals surface area (Å²) >= 11 is 1.39. The maximum atomic E-state index is 16.1. The molecule has 9 rings (SSSR count). The number of sulfonamides is 1. The fourth-order valence-electron chi connectivity index (χ4n) is 11.2. The van der Waals surface area contributed by atoms with Crippen LogP contribution in [0.3, 0.4) is 0 Å². The van der Waals surface area contributed by atoms with E-state index in [-0.39, 0.29) is 60.3 Å². The highest BCUT2D eigenvalue weighted by Gasteiger charge is 2.30. The number of aryl methyl sites for hydroxylation is 1. The number of aromatic nitrogens is 7. The van der Waals surface area contributed by atoms with Gasteiger partial charge in [0.2, 0.25) is 39.6 Å². The summed E-state index contributed by atoms with van der Waals surface area (Å²) in [6.07, 6.45) is 12.8. The Morgan fingerprint density at radius 2 is 1.51 bits per heavy atom. The Morgan fingerprint density at radius 3 is 2.27 bits per heavy atom. The van der Waals surface area contributed by atoms with Crippen molar-refractivity contribution >= 4 is 84.4 Å². The van der Waals surface area contributed by atoms with Gasteiger partial charge in [0.1, 0.15) is 18.9 Å². The summed E-state index contributed by atoms with van der Waals surface area (Å²) in [5.41, 5.74) is 9.76. The number of amides is 4. The molecule has 0 bridgehead atoms. The predicted molar refractivity (Wildman–Crippen MR) is 325 cm³/mol. The first-order valence-electron chi connectivity index (χ1n) is 29.3. The molecule has 3 aromatic carbocycles. The number of esters is 1. The number of carbonyl (C=O) groups is 5. The molecule has 6 N–H and O–H groups in total. The molecule has 6 heterocycles. The van der Waals surface area contributed by atoms with E-state index in [0.717, 1.165) is 75.0 Å². The van der Waals surface area contributed by atoms with Crippen molar-refractivity contribution in [2.24, 2.45) is 5.92 Å². The number of benzene rings is 3. The molecule has 0 spiro atoms. The van der Waals surface area contributed by atoms with E-state index in [1.165, 1.54) is 41.5 Å². The number of fused-ring (bicyclic) bond motifs is 2. The van der Waals surface area contributed by atoms with E-state index >= 15 is 8.78 Å². The van der Waals surface area contributed by atoms with Gasteiger partial charge in [0.25, 0.3) is 0 Å². The lowest BCUT2D eigenvalue weighted by atomic mass is 9.96. The number of carbonyl (C=O) groups excluding carboxylic acids is 5. The third-order valence-corrected chi connectivity index (χ3v) is 18.5. The molecule has 4 aromatic heterocycles. The summed E-state index contributed by atoms with van der Waals surface area (Å²) in [6, 6.07) is 15.0. The minimum atomic E-state index is -3.75. The number of thiazole rings is 1. The van der Waals surface area contributed by atoms with Gasteiger partial charge in [-0.1, -0.05) is 50.8 Å². The van der Waals surface area contributed by atoms with Crippen molar-refractivity contribution in [3.8, 4) is 33.0 Å². The first-order valence-corrected chi connectivity index (χ1v) is 31.8. The van der Waals surface area contributed by atoms with Gasteiger partial charge in [-0.25, -0.2) is 32.2 Å². The molecule has 22 nitrogen and oxygen atoms in total. The van der Waals surface area contributed by atoms with Crippen LogP contribution < -0.4 is 26.4 Å². The highest BCUT2D eigenvalue weighted by Crippen LogP contribution is 2.43. The Kier molecular flexibility index (Phi) is 21.1. The standard InChI is InChI=1S/C60H74F2N14O8S2/c1-4-29-86(82,83)72-46-15-11-14-43(56(46)62)57-58(47-18-24-65-60(63)69-47)85-59(70-57)40-21-27-74(28-22-40)53(80)17-9-7-5-6-8-10-23-64-51(78)36-73-25-19-39(20-26-73)35-75-49-31-44(45(61)30-41(49)32-68-75)42-13-12-16-48-55(42)38(2)71-76(48)37-52(79)66-33-50(77)67-34-54(81)84-3/h11-16,18,24,30-32,39-40,72H,4-10,17,19-23,25-29,33-37H2,1-3H3,(H,64,78)(H,66,79)(H,67,77)(H2,63,65,69). The molecule has 0 radical (unpaired) electrons. The Labute approximate surface area is 502 Å². The van der Waals surface area contributed by atoms with E-state index in [1.54, 1.807) is 50.4 Å². The molecule has 0 unspecified atom stereocenters. The number of hydrogen-bond acceptors (Lipinski definition) is 16. The topological polar surface area (TPSA) is 284 Å². The molecular weight excluding hydrogens is 1150 g/mol. The summed E-state index contributed by atoms with van der Waals surface area (Å²) in [6.45, 7) is 7.00. The largest absolute Gasteiger partial charge is 0.468 e. The second kappa shape index (κ2) is 28.9. The number of unbranched alkanes of at least 4 members (excludes halogenated alkanes) is 5. The van der Waals surface area contributed by atoms with Gasteiger partial charge >= 0.3 is 5.97 Å². The lowest BCUT2D eigenvalue weighted by Gasteiger charge is -2.31. The van der Waals surface area contributed by atoms with Gasteiger partial charge in [-0.2, -0.15) is 10.2 Å². The average molecular weight is 1220 g/mol. The molecule has 0 aliphatic carbocycles. The fraction of sp³-hybridized carbons (Fsp3) is 0.467. The van der Waals surface area contributed by atoms with Gasteiger partial charge in [0, 0.05) is 66.6 Å². The number of piperidine rings is 2. The summed E-state index contributed by atoms with van der Waals surface area (Å²) in [4.78, 5) is 80.5. The lowest BCUT2D eigenvalue weighted by Crippen LogP contribution is -2.42. The first-order chi connectivity index (χ1) is 41.5. The first kappa shape index (κ1) is 62.6. The highest BCUT2D eigenvalue weighted by molar-refractivity contribution is 7.92. The molecule has 2 saturated heterocycles. The highest BCUT2D eigenvalue weighted by atomic mass is 32.2. The Bertz CT molecular complexity index is 3690. The SMILES string of the molecule is CCCS(=O)(=O)Nc1cccc(-c2nc(C3CCN(C(=O)CCCCCCCCNC(=O)CN4CCC(Cn5ncc6cc(F)c(-c7cccc8c7c(C)nn8CC(=O)NCC(=O)NCC(=O)OC)cc65)CC4)CC3)sc2-c2ccnc(N)n2)c1F. The number of hydrogen-bond donors (Lipinski definition) is 5. The van der Waals surface area contributed by atoms with Gasteiger partial charge in [0.15, 0.2) is 5.82 Å². The Morgan fingerprint density at radius 1 is 0.791 bits per heavy atom. The zero-order chi connectivity index (χ0) is 60.9. The van der Waals surface area contributed by atoms with Crippen molar-refractivity contribution < 1.29 is 45.9 Å². The lowest BCUT2D eigenvalue weighted by molar-refractivity contribution is -0.141. The van der Waals surface area contributed by atoms with E-state index in [4.69, 9.17) is 10.7 Å². The zero-order valence-electron chi connectivity index (χ0n) is 48.7. The normalized spacial score (nSPS) is 14.4. The van der Waals surface area contributed by atoms with Crippen LogP contribution in [0.4, 0.5) is 20.4 Å². The number of nitrogens with two attached hydrogens (primary N) is 1. The number of rotatable bonds is 27. The molecule has 458 valence electrons. The quantitative estimate of drug-likeness (QED) is 0.0249. The molecule has 2 fully saturated rings. The predicted octanol–water partition coefficient (Wildman–Crippen LogP) is 7.32. The van der Waals surface area contributed by atoms with Crippen molar-refractivity contribution in [3.05, 3.63) is 89.3 Å². The van der Waals surface area contributed by atoms with E-state index in [0.29, 0.717) is 114 Å². The molecular formula is C60H74F2N14O8S2.